The molecule has 0 unspecified atom stereocenters. The van der Waals surface area contributed by atoms with Crippen molar-refractivity contribution < 1.29 is 18.7 Å². The van der Waals surface area contributed by atoms with E-state index in [4.69, 9.17) is 4.74 Å². The lowest BCUT2D eigenvalue weighted by Crippen LogP contribution is -2.08. The van der Waals surface area contributed by atoms with Gasteiger partial charge in [-0.25, -0.2) is 4.39 Å². The van der Waals surface area contributed by atoms with E-state index in [9.17, 15) is 14.0 Å². The number of aldehydes is 1. The van der Waals surface area contributed by atoms with E-state index in [0.717, 1.165) is 12.1 Å². The van der Waals surface area contributed by atoms with Crippen molar-refractivity contribution in [1.29, 1.82) is 0 Å². The largest absolute Gasteiger partial charge is 0.426 e. The molecule has 0 radical (unpaired) electrons. The van der Waals surface area contributed by atoms with Gasteiger partial charge >= 0.3 is 5.97 Å². The minimum Gasteiger partial charge on any atom is -0.426 e. The zero-order chi connectivity index (χ0) is 11.3. The monoisotopic (exact) mass is 210 g/mol. The van der Waals surface area contributed by atoms with Crippen LogP contribution in [-0.2, 0) is 4.79 Å². The standard InChI is InChI=1S/C11H11FO3/c1-2-3-11(14)15-10-6-9(12)5-4-8(10)7-13/h4-7H,2-3H2,1H3. The van der Waals surface area contributed by atoms with E-state index < -0.39 is 11.8 Å². The smallest absolute Gasteiger partial charge is 0.311 e. The molecule has 0 saturated heterocycles. The average molecular weight is 210 g/mol. The minimum atomic E-state index is -0.542. The van der Waals surface area contributed by atoms with Gasteiger partial charge in [-0.3, -0.25) is 9.59 Å². The normalized spacial score (nSPS) is 9.73. The number of rotatable bonds is 4. The number of ether oxygens (including phenoxy) is 1. The number of carbonyl (C=O) groups excluding carboxylic acids is 2. The molecule has 80 valence electrons. The van der Waals surface area contributed by atoms with Gasteiger partial charge in [0.05, 0.1) is 5.56 Å². The summed E-state index contributed by atoms with van der Waals surface area (Å²) in [5.74, 6) is -1.03. The maximum absolute atomic E-state index is 12.8. The summed E-state index contributed by atoms with van der Waals surface area (Å²) >= 11 is 0. The van der Waals surface area contributed by atoms with E-state index in [-0.39, 0.29) is 17.7 Å². The second-order valence-corrected chi connectivity index (χ2v) is 3.02. The van der Waals surface area contributed by atoms with Gasteiger partial charge in [0.15, 0.2) is 6.29 Å². The molecule has 0 aliphatic heterocycles. The van der Waals surface area contributed by atoms with Crippen molar-refractivity contribution in [3.63, 3.8) is 0 Å². The van der Waals surface area contributed by atoms with Gasteiger partial charge in [0.1, 0.15) is 11.6 Å². The number of carbonyl (C=O) groups is 2. The fourth-order valence-corrected chi connectivity index (χ4v) is 1.07. The Balaban J connectivity index is 2.87. The van der Waals surface area contributed by atoms with Crippen LogP contribution < -0.4 is 4.74 Å². The molecule has 0 aliphatic rings. The highest BCUT2D eigenvalue weighted by Gasteiger charge is 2.09. The van der Waals surface area contributed by atoms with Crippen molar-refractivity contribution in [3.05, 3.63) is 29.6 Å². The van der Waals surface area contributed by atoms with Gasteiger partial charge in [-0.15, -0.1) is 0 Å². The molecule has 0 amide bonds. The molecule has 0 aliphatic carbocycles. The summed E-state index contributed by atoms with van der Waals surface area (Å²) in [6.45, 7) is 1.83. The van der Waals surface area contributed by atoms with Crippen LogP contribution in [0.4, 0.5) is 4.39 Å². The van der Waals surface area contributed by atoms with Crippen molar-refractivity contribution in [2.24, 2.45) is 0 Å². The Morgan fingerprint density at radius 2 is 2.27 bits per heavy atom. The Kier molecular flexibility index (Phi) is 3.97. The molecule has 1 aromatic rings. The Bertz CT molecular complexity index is 374. The van der Waals surface area contributed by atoms with Crippen LogP contribution in [0.3, 0.4) is 0 Å². The van der Waals surface area contributed by atoms with Crippen molar-refractivity contribution in [1.82, 2.24) is 0 Å². The van der Waals surface area contributed by atoms with Crippen molar-refractivity contribution in [2.45, 2.75) is 19.8 Å². The summed E-state index contributed by atoms with van der Waals surface area (Å²) in [5, 5.41) is 0. The van der Waals surface area contributed by atoms with Gasteiger partial charge < -0.3 is 4.74 Å². The van der Waals surface area contributed by atoms with E-state index in [2.05, 4.69) is 0 Å². The molecular formula is C11H11FO3. The molecule has 1 aromatic carbocycles. The van der Waals surface area contributed by atoms with Gasteiger partial charge in [-0.1, -0.05) is 6.92 Å². The van der Waals surface area contributed by atoms with Crippen LogP contribution in [0.1, 0.15) is 30.1 Å². The van der Waals surface area contributed by atoms with Crippen LogP contribution in [0.5, 0.6) is 5.75 Å². The summed E-state index contributed by atoms with van der Waals surface area (Å²) in [6, 6.07) is 3.44. The van der Waals surface area contributed by atoms with Gasteiger partial charge in [-0.05, 0) is 18.6 Å². The highest BCUT2D eigenvalue weighted by molar-refractivity contribution is 5.82. The summed E-state index contributed by atoms with van der Waals surface area (Å²) in [4.78, 5) is 21.7. The number of hydrogen-bond donors (Lipinski definition) is 0. The second kappa shape index (κ2) is 5.24. The lowest BCUT2D eigenvalue weighted by atomic mass is 10.2. The van der Waals surface area contributed by atoms with Gasteiger partial charge in [0.25, 0.3) is 0 Å². The van der Waals surface area contributed by atoms with E-state index >= 15 is 0 Å². The first-order valence-electron chi connectivity index (χ1n) is 4.62. The van der Waals surface area contributed by atoms with Crippen LogP contribution in [0, 0.1) is 5.82 Å². The predicted molar refractivity (Wildman–Crippen MR) is 52.3 cm³/mol. The first-order valence-corrected chi connectivity index (χ1v) is 4.62. The van der Waals surface area contributed by atoms with Gasteiger partial charge in [-0.2, -0.15) is 0 Å². The van der Waals surface area contributed by atoms with E-state index in [1.807, 2.05) is 6.92 Å². The molecular weight excluding hydrogens is 199 g/mol. The number of esters is 1. The minimum absolute atomic E-state index is 0.0246. The van der Waals surface area contributed by atoms with Crippen LogP contribution in [0.2, 0.25) is 0 Å². The third kappa shape index (κ3) is 3.16. The summed E-state index contributed by atoms with van der Waals surface area (Å²) < 4.78 is 17.7. The summed E-state index contributed by atoms with van der Waals surface area (Å²) in [7, 11) is 0. The first kappa shape index (κ1) is 11.4. The number of benzene rings is 1. The lowest BCUT2D eigenvalue weighted by Gasteiger charge is -2.05. The van der Waals surface area contributed by atoms with Crippen molar-refractivity contribution >= 4 is 12.3 Å². The molecule has 0 heterocycles. The molecule has 0 fully saturated rings. The molecule has 4 heteroatoms. The Morgan fingerprint density at radius 1 is 1.53 bits per heavy atom. The van der Waals surface area contributed by atoms with Crippen LogP contribution in [-0.4, -0.2) is 12.3 Å². The predicted octanol–water partition coefficient (Wildman–Crippen LogP) is 2.34. The van der Waals surface area contributed by atoms with Crippen LogP contribution in [0.25, 0.3) is 0 Å². The SMILES string of the molecule is CCCC(=O)Oc1cc(F)ccc1C=O. The van der Waals surface area contributed by atoms with Crippen LogP contribution >= 0.6 is 0 Å². The molecule has 0 aromatic heterocycles. The van der Waals surface area contributed by atoms with E-state index in [1.54, 1.807) is 0 Å². The fraction of sp³-hybridized carbons (Fsp3) is 0.273. The molecule has 15 heavy (non-hydrogen) atoms. The molecule has 3 nitrogen and oxygen atoms in total. The van der Waals surface area contributed by atoms with Crippen molar-refractivity contribution in [2.75, 3.05) is 0 Å². The molecule has 0 N–H and O–H groups in total. The average Bonchev–Trinajstić information content (AvgIpc) is 2.18. The maximum atomic E-state index is 12.8. The highest BCUT2D eigenvalue weighted by Crippen LogP contribution is 2.18. The molecule has 0 saturated carbocycles. The first-order chi connectivity index (χ1) is 7.17. The molecule has 0 bridgehead atoms. The third-order valence-electron chi connectivity index (χ3n) is 1.78. The third-order valence-corrected chi connectivity index (χ3v) is 1.78. The molecule has 0 spiro atoms. The van der Waals surface area contributed by atoms with Crippen LogP contribution in [0.15, 0.2) is 18.2 Å². The highest BCUT2D eigenvalue weighted by atomic mass is 19.1. The summed E-state index contributed by atoms with van der Waals surface area (Å²) in [6.07, 6.45) is 1.41. The zero-order valence-electron chi connectivity index (χ0n) is 8.33. The number of hydrogen-bond acceptors (Lipinski definition) is 3. The summed E-state index contributed by atoms with van der Waals surface area (Å²) in [5.41, 5.74) is 0.167. The molecule has 1 rings (SSSR count). The Morgan fingerprint density at radius 3 is 2.87 bits per heavy atom. The lowest BCUT2D eigenvalue weighted by molar-refractivity contribution is -0.134. The Hall–Kier alpha value is -1.71. The fourth-order valence-electron chi connectivity index (χ4n) is 1.07. The van der Waals surface area contributed by atoms with Gasteiger partial charge in [0, 0.05) is 12.5 Å². The quantitative estimate of drug-likeness (QED) is 0.435. The van der Waals surface area contributed by atoms with E-state index in [1.165, 1.54) is 6.07 Å². The van der Waals surface area contributed by atoms with Gasteiger partial charge in [0.2, 0.25) is 0 Å². The Labute approximate surface area is 86.9 Å². The topological polar surface area (TPSA) is 43.4 Å². The zero-order valence-corrected chi connectivity index (χ0v) is 8.33. The second-order valence-electron chi connectivity index (χ2n) is 3.02. The number of halogens is 1. The maximum Gasteiger partial charge on any atom is 0.311 e. The van der Waals surface area contributed by atoms with Crippen molar-refractivity contribution in [3.8, 4) is 5.75 Å². The molecule has 0 atom stereocenters. The van der Waals surface area contributed by atoms with E-state index in [0.29, 0.717) is 12.7 Å².